The van der Waals surface area contributed by atoms with E-state index in [0.717, 1.165) is 5.34 Å². The Kier molecular flexibility index (Phi) is 73.4. The second kappa shape index (κ2) is 32.8. The van der Waals surface area contributed by atoms with Gasteiger partial charge in [0.15, 0.2) is 0 Å². The third-order valence-corrected chi connectivity index (χ3v) is 0. The molecule has 0 spiro atoms. The molecule has 5 heteroatoms. The summed E-state index contributed by atoms with van der Waals surface area (Å²) >= 11 is 0. The van der Waals surface area contributed by atoms with Gasteiger partial charge in [-0.15, -0.1) is 5.34 Å². The molecule has 0 aliphatic heterocycles. The smallest absolute Gasteiger partial charge is 0.444 e. The second-order valence-corrected chi connectivity index (χ2v) is 0.391. The van der Waals surface area contributed by atoms with Crippen LogP contribution in [-0.2, 0) is 0 Å². The topological polar surface area (TPSA) is 72.7 Å². The van der Waals surface area contributed by atoms with Crippen LogP contribution in [0.3, 0.4) is 0 Å². The number of rotatable bonds is 0. The fraction of sp³-hybridized carbons (Fsp3) is 1.00. The Bertz CT molecular complexity index is 26.9. The zero-order valence-electron chi connectivity index (χ0n) is 4.42. The van der Waals surface area contributed by atoms with E-state index in [-0.39, 0.29) is 36.2 Å². The first-order chi connectivity index (χ1) is 2.83. The minimum atomic E-state index is 0. The zero-order chi connectivity index (χ0) is 5.41. The summed E-state index contributed by atoms with van der Waals surface area (Å²) in [7, 11) is 0. The van der Waals surface area contributed by atoms with Crippen molar-refractivity contribution in [3.05, 3.63) is 10.1 Å². The Labute approximate surface area is 63.8 Å². The van der Waals surface area contributed by atoms with Gasteiger partial charge in [-0.1, -0.05) is 0 Å². The van der Waals surface area contributed by atoms with Crippen LogP contribution in [0.5, 0.6) is 0 Å². The van der Waals surface area contributed by atoms with Crippen molar-refractivity contribution in [3.8, 4) is 0 Å². The van der Waals surface area contributed by atoms with E-state index in [1.165, 1.54) is 0 Å². The maximum atomic E-state index is 8.00. The molecule has 0 saturated carbocycles. The number of hydrogen-bond acceptors (Lipinski definition) is 4. The van der Waals surface area contributed by atoms with Crippen molar-refractivity contribution < 1.29 is 34.7 Å². The minimum Gasteiger partial charge on any atom is -0.444 e. The average Bonchev–Trinajstić information content (AvgIpc) is 1.39. The summed E-state index contributed by atoms with van der Waals surface area (Å²) in [6.45, 7) is 1.93. The van der Waals surface area contributed by atoms with Gasteiger partial charge in [-0.2, -0.15) is 0 Å². The molecule has 0 atom stereocenters. The maximum Gasteiger partial charge on any atom is 1.00 e. The van der Waals surface area contributed by atoms with Gasteiger partial charge in [0, 0.05) is 6.61 Å². The molecule has 0 bridgehead atoms. The molecule has 0 aliphatic rings. The zero-order valence-corrected chi connectivity index (χ0v) is 6.42. The van der Waals surface area contributed by atoms with E-state index in [1.807, 2.05) is 0 Å². The molecule has 0 radical (unpaired) electrons. The van der Waals surface area contributed by atoms with E-state index < -0.39 is 0 Å². The fourth-order valence-corrected chi connectivity index (χ4v) is 0. The predicted octanol–water partition coefficient (Wildman–Crippen LogP) is -2.75. The summed E-state index contributed by atoms with van der Waals surface area (Å²) in [4.78, 5) is 8.00. The first kappa shape index (κ1) is 15.7. The summed E-state index contributed by atoms with van der Waals surface area (Å²) < 4.78 is 0. The molecule has 0 aromatic heterocycles. The van der Waals surface area contributed by atoms with Crippen LogP contribution in [0, 0.1) is 10.1 Å². The molecule has 7 heavy (non-hydrogen) atoms. The molecule has 0 amide bonds. The van der Waals surface area contributed by atoms with Crippen molar-refractivity contribution in [1.82, 2.24) is 0 Å². The fourth-order valence-electron chi connectivity index (χ4n) is 0. The largest absolute Gasteiger partial charge is 1.00 e. The van der Waals surface area contributed by atoms with Gasteiger partial charge in [-0.25, -0.2) is 0 Å². The van der Waals surface area contributed by atoms with Crippen molar-refractivity contribution in [2.45, 2.75) is 6.92 Å². The quantitative estimate of drug-likeness (QED) is 0.211. The van der Waals surface area contributed by atoms with E-state index in [1.54, 1.807) is 6.92 Å². The molecule has 0 aliphatic carbocycles. The first-order valence-corrected chi connectivity index (χ1v) is 1.39. The monoisotopic (exact) mass is 115 g/mol. The number of hydrogen-bond donors (Lipinski definition) is 1. The number of aliphatic hydroxyl groups is 1. The SMILES string of the molecule is CCO.O=N[O-].[Na+]. The second-order valence-electron chi connectivity index (χ2n) is 0.391. The van der Waals surface area contributed by atoms with Crippen LogP contribution in [0.2, 0.25) is 0 Å². The van der Waals surface area contributed by atoms with Crippen LogP contribution < -0.4 is 29.6 Å². The van der Waals surface area contributed by atoms with E-state index in [9.17, 15) is 0 Å². The minimum absolute atomic E-state index is 0. The van der Waals surface area contributed by atoms with E-state index in [0.29, 0.717) is 0 Å². The summed E-state index contributed by atoms with van der Waals surface area (Å²) in [6.07, 6.45) is 0. The summed E-state index contributed by atoms with van der Waals surface area (Å²) in [5.74, 6) is 0. The van der Waals surface area contributed by atoms with E-state index in [2.05, 4.69) is 0 Å². The molecule has 1 N–H and O–H groups in total. The van der Waals surface area contributed by atoms with Crippen LogP contribution in [0.15, 0.2) is 5.34 Å². The first-order valence-electron chi connectivity index (χ1n) is 1.39. The third kappa shape index (κ3) is 933. The average molecular weight is 115 g/mol. The van der Waals surface area contributed by atoms with Crippen molar-refractivity contribution in [3.63, 3.8) is 0 Å². The number of nitrogens with zero attached hydrogens (tertiary/aromatic N) is 1. The van der Waals surface area contributed by atoms with Gasteiger partial charge in [-0.3, -0.25) is 0 Å². The molecule has 0 fully saturated rings. The molecular weight excluding hydrogens is 109 g/mol. The van der Waals surface area contributed by atoms with Crippen LogP contribution in [0.25, 0.3) is 0 Å². The van der Waals surface area contributed by atoms with Gasteiger partial charge in [-0.05, 0) is 6.92 Å². The maximum absolute atomic E-state index is 8.00. The molecule has 0 rings (SSSR count). The standard InChI is InChI=1S/C2H6O.HNO2.Na/c1-2-3;2-1-3;/h3H,2H2,1H3;(H,2,3);/q;;+1/p-1. The Hall–Kier alpha value is 0.360. The van der Waals surface area contributed by atoms with Gasteiger partial charge < -0.3 is 15.2 Å². The van der Waals surface area contributed by atoms with Crippen LogP contribution >= 0.6 is 0 Å². The molecule has 38 valence electrons. The Morgan fingerprint density at radius 1 is 1.86 bits per heavy atom. The van der Waals surface area contributed by atoms with Crippen molar-refractivity contribution in [2.75, 3.05) is 6.61 Å². The van der Waals surface area contributed by atoms with Crippen LogP contribution in [0.4, 0.5) is 0 Å². The predicted molar refractivity (Wildman–Crippen MR) is 21.9 cm³/mol. The molecule has 0 aromatic carbocycles. The third-order valence-electron chi connectivity index (χ3n) is 0. The molecule has 0 unspecified atom stereocenters. The van der Waals surface area contributed by atoms with Crippen molar-refractivity contribution in [2.24, 2.45) is 5.34 Å². The van der Waals surface area contributed by atoms with Gasteiger partial charge in [0.1, 0.15) is 0 Å². The summed E-state index contributed by atoms with van der Waals surface area (Å²) in [5, 5.41) is 16.6. The van der Waals surface area contributed by atoms with Gasteiger partial charge in [0.2, 0.25) is 0 Å². The van der Waals surface area contributed by atoms with Gasteiger partial charge >= 0.3 is 29.6 Å². The van der Waals surface area contributed by atoms with E-state index >= 15 is 0 Å². The molecule has 4 nitrogen and oxygen atoms in total. The van der Waals surface area contributed by atoms with Crippen molar-refractivity contribution >= 4 is 0 Å². The molecular formula is C2H6NNaO3. The number of aliphatic hydroxyl groups excluding tert-OH is 1. The van der Waals surface area contributed by atoms with Gasteiger partial charge in [0.25, 0.3) is 0 Å². The van der Waals surface area contributed by atoms with Crippen LogP contribution in [0.1, 0.15) is 6.92 Å². The molecule has 0 heterocycles. The Morgan fingerprint density at radius 2 is 1.86 bits per heavy atom. The van der Waals surface area contributed by atoms with Crippen molar-refractivity contribution in [1.29, 1.82) is 0 Å². The van der Waals surface area contributed by atoms with Crippen LogP contribution in [-0.4, -0.2) is 11.7 Å². The Morgan fingerprint density at radius 3 is 1.86 bits per heavy atom. The van der Waals surface area contributed by atoms with Gasteiger partial charge in [0.05, 0.1) is 0 Å². The Balaban J connectivity index is -0.0000000400. The molecule has 0 saturated heterocycles. The summed E-state index contributed by atoms with van der Waals surface area (Å²) in [5.41, 5.74) is 0. The molecule has 0 aromatic rings. The summed E-state index contributed by atoms with van der Waals surface area (Å²) in [6, 6.07) is 0. The normalized spacial score (nSPS) is 4.29. The van der Waals surface area contributed by atoms with E-state index in [4.69, 9.17) is 15.2 Å².